The number of halogens is 1. The number of hydrogen-bond donors (Lipinski definition) is 0. The van der Waals surface area contributed by atoms with E-state index in [-0.39, 0.29) is 0 Å². The normalized spacial score (nSPS) is 10.0. The first-order chi connectivity index (χ1) is 11.8. The third-order valence-corrected chi connectivity index (χ3v) is 6.77. The standard InChI is InChI=1S/C22H15ClSi/c23-24(22-14-8-3-9-15-22,18-16-20-10-4-1-5-11-20)19-17-21-12-6-2-7-13-21/h1-15H. The molecule has 0 atom stereocenters. The fourth-order valence-electron chi connectivity index (χ4n) is 2.20. The van der Waals surface area contributed by atoms with E-state index in [1.165, 1.54) is 0 Å². The lowest BCUT2D eigenvalue weighted by Crippen LogP contribution is -2.40. The molecule has 0 amide bonds. The van der Waals surface area contributed by atoms with Crippen molar-refractivity contribution in [2.45, 2.75) is 0 Å². The van der Waals surface area contributed by atoms with Gasteiger partial charge < -0.3 is 0 Å². The van der Waals surface area contributed by atoms with Crippen molar-refractivity contribution in [1.82, 2.24) is 0 Å². The molecule has 0 aliphatic rings. The first kappa shape index (κ1) is 16.2. The van der Waals surface area contributed by atoms with E-state index < -0.39 is 7.38 Å². The molecule has 0 aliphatic heterocycles. The summed E-state index contributed by atoms with van der Waals surface area (Å²) in [5.74, 6) is 6.39. The summed E-state index contributed by atoms with van der Waals surface area (Å²) in [5.41, 5.74) is 8.46. The lowest BCUT2D eigenvalue weighted by atomic mass is 10.2. The summed E-state index contributed by atoms with van der Waals surface area (Å²) in [7, 11) is -2.74. The maximum Gasteiger partial charge on any atom is 0.339 e. The smallest absolute Gasteiger partial charge is 0.128 e. The molecule has 0 spiro atoms. The Balaban J connectivity index is 2.03. The highest BCUT2D eigenvalue weighted by atomic mass is 35.6. The predicted octanol–water partition coefficient (Wildman–Crippen LogP) is 4.26. The minimum atomic E-state index is -2.74. The molecule has 0 saturated carbocycles. The molecular weight excluding hydrogens is 328 g/mol. The topological polar surface area (TPSA) is 0 Å². The Labute approximate surface area is 148 Å². The third kappa shape index (κ3) is 4.18. The van der Waals surface area contributed by atoms with Gasteiger partial charge in [-0.15, -0.1) is 11.1 Å². The van der Waals surface area contributed by atoms with Gasteiger partial charge in [0.15, 0.2) is 0 Å². The Morgan fingerprint density at radius 1 is 0.542 bits per heavy atom. The van der Waals surface area contributed by atoms with Gasteiger partial charge in [0.25, 0.3) is 0 Å². The summed E-state index contributed by atoms with van der Waals surface area (Å²) in [6.45, 7) is 0. The van der Waals surface area contributed by atoms with Crippen LogP contribution in [0.1, 0.15) is 11.1 Å². The highest BCUT2D eigenvalue weighted by molar-refractivity contribution is 7.36. The van der Waals surface area contributed by atoms with Gasteiger partial charge in [-0.2, -0.15) is 0 Å². The molecule has 0 unspecified atom stereocenters. The van der Waals surface area contributed by atoms with Crippen LogP contribution in [0.15, 0.2) is 91.0 Å². The van der Waals surface area contributed by atoms with Crippen molar-refractivity contribution < 1.29 is 0 Å². The van der Waals surface area contributed by atoms with Crippen LogP contribution in [-0.2, 0) is 0 Å². The zero-order chi connectivity index (χ0) is 16.7. The third-order valence-electron chi connectivity index (χ3n) is 3.48. The van der Waals surface area contributed by atoms with Crippen LogP contribution in [0.4, 0.5) is 0 Å². The Morgan fingerprint density at radius 2 is 0.917 bits per heavy atom. The maximum atomic E-state index is 6.96. The van der Waals surface area contributed by atoms with Gasteiger partial charge in [-0.05, 0) is 29.5 Å². The van der Waals surface area contributed by atoms with E-state index >= 15 is 0 Å². The first-order valence-electron chi connectivity index (χ1n) is 7.67. The van der Waals surface area contributed by atoms with Crippen LogP contribution >= 0.6 is 11.1 Å². The number of benzene rings is 3. The molecule has 0 nitrogen and oxygen atoms in total. The monoisotopic (exact) mass is 342 g/mol. The Kier molecular flexibility index (Phi) is 5.19. The van der Waals surface area contributed by atoms with E-state index in [4.69, 9.17) is 11.1 Å². The lowest BCUT2D eigenvalue weighted by Gasteiger charge is -2.11. The van der Waals surface area contributed by atoms with Gasteiger partial charge in [-0.25, -0.2) is 0 Å². The van der Waals surface area contributed by atoms with E-state index in [0.717, 1.165) is 16.3 Å². The molecule has 3 aromatic rings. The molecule has 0 bridgehead atoms. The molecule has 0 aliphatic carbocycles. The summed E-state index contributed by atoms with van der Waals surface area (Å²) >= 11 is 6.96. The zero-order valence-electron chi connectivity index (χ0n) is 13.0. The number of hydrogen-bond acceptors (Lipinski definition) is 0. The van der Waals surface area contributed by atoms with E-state index in [1.807, 2.05) is 91.0 Å². The summed E-state index contributed by atoms with van der Waals surface area (Å²) < 4.78 is 0. The zero-order valence-corrected chi connectivity index (χ0v) is 14.8. The number of rotatable bonds is 1. The fourth-order valence-corrected chi connectivity index (χ4v) is 4.50. The van der Waals surface area contributed by atoms with Gasteiger partial charge >= 0.3 is 7.38 Å². The predicted molar refractivity (Wildman–Crippen MR) is 104 cm³/mol. The van der Waals surface area contributed by atoms with Crippen LogP contribution < -0.4 is 5.19 Å². The largest absolute Gasteiger partial charge is 0.339 e. The van der Waals surface area contributed by atoms with Crippen molar-refractivity contribution >= 4 is 23.6 Å². The summed E-state index contributed by atoms with van der Waals surface area (Å²) in [5, 5.41) is 1.01. The summed E-state index contributed by atoms with van der Waals surface area (Å²) in [4.78, 5) is 0. The molecule has 3 aromatic carbocycles. The van der Waals surface area contributed by atoms with Crippen molar-refractivity contribution in [2.75, 3.05) is 0 Å². The van der Waals surface area contributed by atoms with Crippen LogP contribution in [0.25, 0.3) is 0 Å². The lowest BCUT2D eigenvalue weighted by molar-refractivity contribution is 1.65. The Morgan fingerprint density at radius 3 is 1.33 bits per heavy atom. The van der Waals surface area contributed by atoms with Crippen molar-refractivity contribution in [3.63, 3.8) is 0 Å². The SMILES string of the molecule is Cl[Si](C#Cc1ccccc1)(C#Cc1ccccc1)c1ccccc1. The van der Waals surface area contributed by atoms with Gasteiger partial charge in [0.2, 0.25) is 0 Å². The van der Waals surface area contributed by atoms with E-state index in [9.17, 15) is 0 Å². The van der Waals surface area contributed by atoms with Crippen LogP contribution in [0.2, 0.25) is 0 Å². The summed E-state index contributed by atoms with van der Waals surface area (Å²) in [6, 6.07) is 29.7. The minimum Gasteiger partial charge on any atom is -0.128 e. The quantitative estimate of drug-likeness (QED) is 0.352. The van der Waals surface area contributed by atoms with Gasteiger partial charge in [0, 0.05) is 11.1 Å². The van der Waals surface area contributed by atoms with Crippen molar-refractivity contribution in [1.29, 1.82) is 0 Å². The molecule has 0 heterocycles. The van der Waals surface area contributed by atoms with Gasteiger partial charge in [-0.1, -0.05) is 89.7 Å². The fraction of sp³-hybridized carbons (Fsp3) is 0. The van der Waals surface area contributed by atoms with Crippen LogP contribution in [0.5, 0.6) is 0 Å². The van der Waals surface area contributed by atoms with E-state index in [1.54, 1.807) is 0 Å². The second-order valence-electron chi connectivity index (χ2n) is 5.26. The van der Waals surface area contributed by atoms with Gasteiger partial charge in [0.05, 0.1) is 0 Å². The average Bonchev–Trinajstić information content (AvgIpc) is 2.67. The van der Waals surface area contributed by atoms with Crippen molar-refractivity contribution in [3.05, 3.63) is 102 Å². The molecule has 114 valence electrons. The van der Waals surface area contributed by atoms with E-state index in [2.05, 4.69) is 22.9 Å². The minimum absolute atomic E-state index is 0.951. The second kappa shape index (κ2) is 7.71. The maximum absolute atomic E-state index is 6.96. The van der Waals surface area contributed by atoms with Gasteiger partial charge in [-0.3, -0.25) is 0 Å². The first-order valence-corrected chi connectivity index (χ1v) is 10.7. The van der Waals surface area contributed by atoms with Crippen LogP contribution in [0, 0.1) is 22.9 Å². The molecule has 0 N–H and O–H groups in total. The summed E-state index contributed by atoms with van der Waals surface area (Å²) in [6.07, 6.45) is 0. The molecule has 3 rings (SSSR count). The molecule has 24 heavy (non-hydrogen) atoms. The van der Waals surface area contributed by atoms with Crippen molar-refractivity contribution in [3.8, 4) is 22.9 Å². The van der Waals surface area contributed by atoms with E-state index in [0.29, 0.717) is 0 Å². The van der Waals surface area contributed by atoms with Crippen LogP contribution in [-0.4, -0.2) is 7.38 Å². The highest BCUT2D eigenvalue weighted by Crippen LogP contribution is 2.09. The second-order valence-corrected chi connectivity index (χ2v) is 9.35. The molecule has 0 saturated heterocycles. The highest BCUT2D eigenvalue weighted by Gasteiger charge is 2.29. The molecule has 0 radical (unpaired) electrons. The molecule has 0 fully saturated rings. The molecular formula is C22H15ClSi. The Hall–Kier alpha value is -2.71. The van der Waals surface area contributed by atoms with Crippen LogP contribution in [0.3, 0.4) is 0 Å². The van der Waals surface area contributed by atoms with Crippen molar-refractivity contribution in [2.24, 2.45) is 0 Å². The Bertz CT molecular complexity index is 853. The van der Waals surface area contributed by atoms with Gasteiger partial charge in [0.1, 0.15) is 0 Å². The average molecular weight is 343 g/mol. The molecule has 2 heteroatoms. The molecule has 0 aromatic heterocycles.